The second-order valence-electron chi connectivity index (χ2n) is 7.67. The second kappa shape index (κ2) is 9.62. The van der Waals surface area contributed by atoms with Crippen molar-refractivity contribution >= 4 is 12.0 Å². The summed E-state index contributed by atoms with van der Waals surface area (Å²) in [6.45, 7) is 4.08. The minimum Gasteiger partial charge on any atom is -0.497 e. The molecule has 1 aromatic heterocycles. The van der Waals surface area contributed by atoms with E-state index in [4.69, 9.17) is 4.74 Å². The lowest BCUT2D eigenvalue weighted by molar-refractivity contribution is 0.0639. The Morgan fingerprint density at radius 1 is 1.03 bits per heavy atom. The standard InChI is InChI=1S/C25H28N4O2/c1-27-24(19-23(26-27)21-10-12-22(31-2)13-11-21)25(30)29-17-15-28(16-18-29)14-6-9-20-7-4-3-5-8-20/h3-13,19H,14-18H2,1-2H3. The Bertz CT molecular complexity index is 1030. The van der Waals surface area contributed by atoms with Gasteiger partial charge in [0.05, 0.1) is 12.8 Å². The van der Waals surface area contributed by atoms with E-state index in [-0.39, 0.29) is 5.91 Å². The number of carbonyl (C=O) groups is 1. The van der Waals surface area contributed by atoms with Gasteiger partial charge in [0.15, 0.2) is 0 Å². The van der Waals surface area contributed by atoms with Crippen molar-refractivity contribution < 1.29 is 9.53 Å². The molecule has 0 bridgehead atoms. The number of hydrogen-bond acceptors (Lipinski definition) is 4. The van der Waals surface area contributed by atoms with Crippen LogP contribution in [0.25, 0.3) is 17.3 Å². The molecule has 0 saturated carbocycles. The first kappa shape index (κ1) is 20.9. The van der Waals surface area contributed by atoms with Gasteiger partial charge < -0.3 is 9.64 Å². The normalized spacial score (nSPS) is 14.8. The topological polar surface area (TPSA) is 50.6 Å². The molecular formula is C25H28N4O2. The third-order valence-corrected chi connectivity index (χ3v) is 5.62. The first-order valence-electron chi connectivity index (χ1n) is 10.6. The predicted octanol–water partition coefficient (Wildman–Crippen LogP) is 3.57. The van der Waals surface area contributed by atoms with Gasteiger partial charge in [-0.3, -0.25) is 14.4 Å². The summed E-state index contributed by atoms with van der Waals surface area (Å²) in [4.78, 5) is 17.4. The lowest BCUT2D eigenvalue weighted by Crippen LogP contribution is -2.48. The van der Waals surface area contributed by atoms with E-state index < -0.39 is 0 Å². The number of ether oxygens (including phenoxy) is 1. The molecule has 1 aliphatic heterocycles. The summed E-state index contributed by atoms with van der Waals surface area (Å²) in [6.07, 6.45) is 4.34. The Morgan fingerprint density at radius 3 is 2.42 bits per heavy atom. The molecule has 0 spiro atoms. The first-order valence-corrected chi connectivity index (χ1v) is 10.6. The molecule has 6 heteroatoms. The van der Waals surface area contributed by atoms with Crippen LogP contribution in [0.2, 0.25) is 0 Å². The van der Waals surface area contributed by atoms with Crippen LogP contribution in [0.4, 0.5) is 0 Å². The highest BCUT2D eigenvalue weighted by molar-refractivity contribution is 5.93. The average molecular weight is 417 g/mol. The molecule has 0 unspecified atom stereocenters. The van der Waals surface area contributed by atoms with Gasteiger partial charge in [-0.05, 0) is 35.9 Å². The van der Waals surface area contributed by atoms with Crippen LogP contribution >= 0.6 is 0 Å². The van der Waals surface area contributed by atoms with Crippen LogP contribution in [0, 0.1) is 0 Å². The summed E-state index contributed by atoms with van der Waals surface area (Å²) in [7, 11) is 3.47. The molecule has 1 aliphatic rings. The number of aryl methyl sites for hydroxylation is 1. The lowest BCUT2D eigenvalue weighted by atomic mass is 10.1. The number of piperazine rings is 1. The Kier molecular flexibility index (Phi) is 6.48. The molecule has 2 heterocycles. The van der Waals surface area contributed by atoms with E-state index in [1.54, 1.807) is 11.8 Å². The summed E-state index contributed by atoms with van der Waals surface area (Å²) >= 11 is 0. The fourth-order valence-corrected chi connectivity index (χ4v) is 3.77. The smallest absolute Gasteiger partial charge is 0.272 e. The molecule has 1 fully saturated rings. The fourth-order valence-electron chi connectivity index (χ4n) is 3.77. The zero-order valence-electron chi connectivity index (χ0n) is 18.1. The number of carbonyl (C=O) groups excluding carboxylic acids is 1. The molecule has 0 atom stereocenters. The number of hydrogen-bond donors (Lipinski definition) is 0. The van der Waals surface area contributed by atoms with Gasteiger partial charge in [-0.2, -0.15) is 5.10 Å². The van der Waals surface area contributed by atoms with Gasteiger partial charge in [0.2, 0.25) is 0 Å². The van der Waals surface area contributed by atoms with Gasteiger partial charge in [0.25, 0.3) is 5.91 Å². The van der Waals surface area contributed by atoms with Gasteiger partial charge in [0, 0.05) is 45.3 Å². The van der Waals surface area contributed by atoms with E-state index in [1.807, 2.05) is 60.5 Å². The number of benzene rings is 2. The number of aromatic nitrogens is 2. The van der Waals surface area contributed by atoms with E-state index in [2.05, 4.69) is 34.3 Å². The van der Waals surface area contributed by atoms with E-state index >= 15 is 0 Å². The highest BCUT2D eigenvalue weighted by Crippen LogP contribution is 2.22. The van der Waals surface area contributed by atoms with Crippen molar-refractivity contribution in [3.63, 3.8) is 0 Å². The molecule has 0 aliphatic carbocycles. The Labute approximate surface area is 183 Å². The molecule has 1 saturated heterocycles. The number of nitrogens with zero attached hydrogens (tertiary/aromatic N) is 4. The zero-order chi connectivity index (χ0) is 21.6. The highest BCUT2D eigenvalue weighted by Gasteiger charge is 2.24. The molecule has 2 aromatic carbocycles. The fraction of sp³-hybridized carbons (Fsp3) is 0.280. The number of amides is 1. The van der Waals surface area contributed by atoms with E-state index in [0.717, 1.165) is 49.7 Å². The summed E-state index contributed by atoms with van der Waals surface area (Å²) in [5, 5.41) is 4.55. The maximum absolute atomic E-state index is 13.1. The van der Waals surface area contributed by atoms with Gasteiger partial charge >= 0.3 is 0 Å². The molecule has 1 amide bonds. The van der Waals surface area contributed by atoms with E-state index in [9.17, 15) is 4.79 Å². The van der Waals surface area contributed by atoms with Crippen LogP contribution in [0.5, 0.6) is 5.75 Å². The zero-order valence-corrected chi connectivity index (χ0v) is 18.1. The molecule has 3 aromatic rings. The van der Waals surface area contributed by atoms with Gasteiger partial charge in [0.1, 0.15) is 11.4 Å². The number of rotatable bonds is 6. The van der Waals surface area contributed by atoms with Crippen molar-refractivity contribution in [2.24, 2.45) is 7.05 Å². The third-order valence-electron chi connectivity index (χ3n) is 5.62. The van der Waals surface area contributed by atoms with E-state index in [0.29, 0.717) is 5.69 Å². The third kappa shape index (κ3) is 5.03. The molecular weight excluding hydrogens is 388 g/mol. The van der Waals surface area contributed by atoms with Crippen molar-refractivity contribution in [1.82, 2.24) is 19.6 Å². The Hall–Kier alpha value is -3.38. The van der Waals surface area contributed by atoms with Crippen LogP contribution in [0.1, 0.15) is 16.1 Å². The maximum atomic E-state index is 13.1. The Morgan fingerprint density at radius 2 is 1.74 bits per heavy atom. The number of methoxy groups -OCH3 is 1. The largest absolute Gasteiger partial charge is 0.497 e. The van der Waals surface area contributed by atoms with Crippen LogP contribution in [0.3, 0.4) is 0 Å². The molecule has 160 valence electrons. The van der Waals surface area contributed by atoms with Crippen molar-refractivity contribution in [3.05, 3.63) is 78.0 Å². The molecule has 0 radical (unpaired) electrons. The van der Waals surface area contributed by atoms with Crippen LogP contribution in [-0.4, -0.2) is 65.3 Å². The summed E-state index contributed by atoms with van der Waals surface area (Å²) < 4.78 is 6.89. The van der Waals surface area contributed by atoms with Crippen LogP contribution < -0.4 is 4.74 Å². The van der Waals surface area contributed by atoms with Crippen LogP contribution in [0.15, 0.2) is 66.7 Å². The summed E-state index contributed by atoms with van der Waals surface area (Å²) in [6, 6.07) is 19.9. The monoisotopic (exact) mass is 416 g/mol. The molecule has 6 nitrogen and oxygen atoms in total. The minimum absolute atomic E-state index is 0.0363. The van der Waals surface area contributed by atoms with Gasteiger partial charge in [-0.25, -0.2) is 0 Å². The van der Waals surface area contributed by atoms with E-state index in [1.165, 1.54) is 5.56 Å². The Balaban J connectivity index is 1.34. The van der Waals surface area contributed by atoms with Crippen molar-refractivity contribution in [1.29, 1.82) is 0 Å². The van der Waals surface area contributed by atoms with Gasteiger partial charge in [-0.1, -0.05) is 42.5 Å². The molecule has 0 N–H and O–H groups in total. The summed E-state index contributed by atoms with van der Waals surface area (Å²) in [5.74, 6) is 0.835. The van der Waals surface area contributed by atoms with Crippen LogP contribution in [-0.2, 0) is 7.05 Å². The van der Waals surface area contributed by atoms with Gasteiger partial charge in [-0.15, -0.1) is 0 Å². The quantitative estimate of drug-likeness (QED) is 0.617. The molecule has 4 rings (SSSR count). The average Bonchev–Trinajstić information content (AvgIpc) is 3.21. The first-order chi connectivity index (χ1) is 15.1. The summed E-state index contributed by atoms with van der Waals surface area (Å²) in [5.41, 5.74) is 3.58. The van der Waals surface area contributed by atoms with Crippen molar-refractivity contribution in [2.75, 3.05) is 39.8 Å². The highest BCUT2D eigenvalue weighted by atomic mass is 16.5. The predicted molar refractivity (Wildman–Crippen MR) is 123 cm³/mol. The lowest BCUT2D eigenvalue weighted by Gasteiger charge is -2.34. The second-order valence-corrected chi connectivity index (χ2v) is 7.67. The SMILES string of the molecule is COc1ccc(-c2cc(C(=O)N3CCN(CC=Cc4ccccc4)CC3)n(C)n2)cc1. The van der Waals surface area contributed by atoms with Crippen molar-refractivity contribution in [2.45, 2.75) is 0 Å². The maximum Gasteiger partial charge on any atom is 0.272 e. The minimum atomic E-state index is 0.0363. The molecule has 31 heavy (non-hydrogen) atoms. The van der Waals surface area contributed by atoms with Crippen molar-refractivity contribution in [3.8, 4) is 17.0 Å².